The molecule has 182 valence electrons. The number of para-hydroxylation sites is 1. The maximum atomic E-state index is 13.7. The van der Waals surface area contributed by atoms with Crippen LogP contribution >= 0.6 is 11.8 Å². The van der Waals surface area contributed by atoms with E-state index in [0.29, 0.717) is 16.7 Å². The molecule has 0 bridgehead atoms. The highest BCUT2D eigenvalue weighted by Crippen LogP contribution is 2.37. The Bertz CT molecular complexity index is 1410. The molecule has 0 spiro atoms. The molecule has 1 atom stereocenters. The van der Waals surface area contributed by atoms with Gasteiger partial charge in [-0.2, -0.15) is 4.98 Å². The van der Waals surface area contributed by atoms with Crippen LogP contribution in [0.4, 0.5) is 11.6 Å². The second-order valence-corrected chi connectivity index (χ2v) is 9.81. The van der Waals surface area contributed by atoms with Crippen molar-refractivity contribution in [2.75, 3.05) is 10.6 Å². The Morgan fingerprint density at radius 1 is 0.972 bits per heavy atom. The van der Waals surface area contributed by atoms with Gasteiger partial charge >= 0.3 is 0 Å². The third-order valence-electron chi connectivity index (χ3n) is 6.39. The van der Waals surface area contributed by atoms with Crippen molar-refractivity contribution in [1.82, 2.24) is 14.8 Å². The van der Waals surface area contributed by atoms with Crippen LogP contribution in [0, 0.1) is 6.92 Å². The maximum Gasteiger partial charge on any atom is 0.255 e. The fourth-order valence-electron chi connectivity index (χ4n) is 4.36. The molecule has 3 aromatic carbocycles. The molecule has 2 heterocycles. The highest BCUT2D eigenvalue weighted by atomic mass is 32.2. The lowest BCUT2D eigenvalue weighted by Crippen LogP contribution is -2.31. The summed E-state index contributed by atoms with van der Waals surface area (Å²) >= 11 is 1.58. The molecule has 0 fully saturated rings. The lowest BCUT2D eigenvalue weighted by atomic mass is 9.94. The maximum absolute atomic E-state index is 13.7. The van der Waals surface area contributed by atoms with Crippen LogP contribution in [0.5, 0.6) is 0 Å². The number of anilines is 2. The number of amides is 1. The minimum atomic E-state index is -0.394. The fraction of sp³-hybridized carbons (Fsp3) is 0.207. The van der Waals surface area contributed by atoms with Gasteiger partial charge in [-0.3, -0.25) is 4.79 Å². The van der Waals surface area contributed by atoms with Crippen molar-refractivity contribution in [3.63, 3.8) is 0 Å². The average Bonchev–Trinajstić information content (AvgIpc) is 3.31. The largest absolute Gasteiger partial charge is 0.328 e. The summed E-state index contributed by atoms with van der Waals surface area (Å²) in [5.41, 5.74) is 6.65. The number of carbonyl (C=O) groups excluding carboxylic acids is 1. The number of hydrogen-bond acceptors (Lipinski definition) is 5. The molecule has 1 unspecified atom stereocenters. The summed E-state index contributed by atoms with van der Waals surface area (Å²) in [6.45, 7) is 6.05. The Morgan fingerprint density at radius 3 is 2.42 bits per heavy atom. The molecule has 0 radical (unpaired) electrons. The number of benzene rings is 3. The van der Waals surface area contributed by atoms with Crippen LogP contribution in [-0.2, 0) is 17.0 Å². The van der Waals surface area contributed by atoms with Crippen molar-refractivity contribution in [3.05, 3.63) is 112 Å². The lowest BCUT2D eigenvalue weighted by molar-refractivity contribution is -0.113. The Labute approximate surface area is 215 Å². The molecule has 1 aliphatic heterocycles. The van der Waals surface area contributed by atoms with Gasteiger partial charge in [0.05, 0.1) is 5.57 Å². The zero-order valence-corrected chi connectivity index (χ0v) is 21.5. The van der Waals surface area contributed by atoms with Crippen LogP contribution in [0.3, 0.4) is 0 Å². The van der Waals surface area contributed by atoms with Gasteiger partial charge in [0.25, 0.3) is 5.91 Å². The number of fused-ring (bicyclic) bond motifs is 1. The molecular weight excluding hydrogens is 466 g/mol. The third kappa shape index (κ3) is 4.93. The van der Waals surface area contributed by atoms with E-state index in [1.54, 1.807) is 11.8 Å². The molecule has 1 aliphatic rings. The molecule has 0 saturated heterocycles. The van der Waals surface area contributed by atoms with E-state index in [-0.39, 0.29) is 5.91 Å². The van der Waals surface area contributed by atoms with Crippen LogP contribution in [0.15, 0.2) is 95.3 Å². The summed E-state index contributed by atoms with van der Waals surface area (Å²) in [6.07, 6.45) is 0.955. The van der Waals surface area contributed by atoms with Crippen molar-refractivity contribution < 1.29 is 4.79 Å². The normalized spacial score (nSPS) is 14.8. The van der Waals surface area contributed by atoms with Gasteiger partial charge in [-0.05, 0) is 48.6 Å². The summed E-state index contributed by atoms with van der Waals surface area (Å²) in [5, 5.41) is 12.0. The number of aromatic nitrogens is 3. The Balaban J connectivity index is 1.50. The zero-order valence-electron chi connectivity index (χ0n) is 20.7. The monoisotopic (exact) mass is 495 g/mol. The first kappa shape index (κ1) is 23.9. The van der Waals surface area contributed by atoms with Gasteiger partial charge < -0.3 is 10.6 Å². The zero-order chi connectivity index (χ0) is 25.1. The predicted molar refractivity (Wildman–Crippen MR) is 146 cm³/mol. The van der Waals surface area contributed by atoms with Crippen LogP contribution in [0.2, 0.25) is 0 Å². The Hall–Kier alpha value is -3.84. The van der Waals surface area contributed by atoms with Crippen LogP contribution < -0.4 is 10.6 Å². The molecule has 0 aliphatic carbocycles. The molecule has 36 heavy (non-hydrogen) atoms. The molecule has 2 N–H and O–H groups in total. The minimum absolute atomic E-state index is 0.154. The summed E-state index contributed by atoms with van der Waals surface area (Å²) < 4.78 is 1.84. The number of thioether (sulfide) groups is 1. The average molecular weight is 496 g/mol. The number of aryl methyl sites for hydroxylation is 2. The van der Waals surface area contributed by atoms with E-state index < -0.39 is 6.04 Å². The number of nitrogens with one attached hydrogen (secondary N) is 2. The van der Waals surface area contributed by atoms with Gasteiger partial charge in [-0.15, -0.1) is 5.10 Å². The highest BCUT2D eigenvalue weighted by Gasteiger charge is 2.34. The molecule has 5 rings (SSSR count). The number of allylic oxidation sites excluding steroid dienone is 1. The standard InChI is InChI=1S/C29H29N5OS/c1-4-21-14-16-23(17-15-21)26-25(27(35)31-24-13-9-8-10-19(24)2)20(3)30-28-32-29(33-34(26)28)36-18-22-11-6-5-7-12-22/h5-17,26H,4,18H2,1-3H3,(H,31,35)(H,30,32,33). The van der Waals surface area contributed by atoms with E-state index >= 15 is 0 Å². The van der Waals surface area contributed by atoms with Crippen molar-refractivity contribution in [3.8, 4) is 0 Å². The summed E-state index contributed by atoms with van der Waals surface area (Å²) in [5.74, 6) is 1.26. The van der Waals surface area contributed by atoms with Gasteiger partial charge in [0.15, 0.2) is 0 Å². The van der Waals surface area contributed by atoms with Gasteiger partial charge in [0.1, 0.15) is 6.04 Å². The van der Waals surface area contributed by atoms with Gasteiger partial charge in [0.2, 0.25) is 11.1 Å². The molecule has 4 aromatic rings. The van der Waals surface area contributed by atoms with Crippen LogP contribution in [-0.4, -0.2) is 20.7 Å². The van der Waals surface area contributed by atoms with Crippen molar-refractivity contribution >= 4 is 29.3 Å². The number of carbonyl (C=O) groups is 1. The van der Waals surface area contributed by atoms with E-state index in [1.165, 1.54) is 11.1 Å². The van der Waals surface area contributed by atoms with Gasteiger partial charge in [-0.1, -0.05) is 91.5 Å². The summed E-state index contributed by atoms with van der Waals surface area (Å²) in [7, 11) is 0. The number of hydrogen-bond donors (Lipinski definition) is 2. The second kappa shape index (κ2) is 10.4. The first-order chi connectivity index (χ1) is 17.5. The molecule has 1 amide bonds. The SMILES string of the molecule is CCc1ccc(C2C(C(=O)Nc3ccccc3C)=C(C)Nc3nc(SCc4ccccc4)nn32)cc1. The van der Waals surface area contributed by atoms with Crippen LogP contribution in [0.1, 0.15) is 42.1 Å². The second-order valence-electron chi connectivity index (χ2n) is 8.87. The van der Waals surface area contributed by atoms with E-state index in [0.717, 1.165) is 34.7 Å². The van der Waals surface area contributed by atoms with Gasteiger partial charge in [-0.25, -0.2) is 4.68 Å². The highest BCUT2D eigenvalue weighted by molar-refractivity contribution is 7.98. The molecular formula is C29H29N5OS. The van der Waals surface area contributed by atoms with Gasteiger partial charge in [0, 0.05) is 17.1 Å². The van der Waals surface area contributed by atoms with Crippen molar-refractivity contribution in [2.24, 2.45) is 0 Å². The van der Waals surface area contributed by atoms with Crippen LogP contribution in [0.25, 0.3) is 0 Å². The van der Waals surface area contributed by atoms with E-state index in [1.807, 2.05) is 61.0 Å². The van der Waals surface area contributed by atoms with E-state index in [4.69, 9.17) is 10.1 Å². The van der Waals surface area contributed by atoms with E-state index in [2.05, 4.69) is 54.0 Å². The Kier molecular flexibility index (Phi) is 6.91. The number of nitrogens with zero attached hydrogens (tertiary/aromatic N) is 3. The quantitative estimate of drug-likeness (QED) is 0.292. The summed E-state index contributed by atoms with van der Waals surface area (Å²) in [6, 6.07) is 26.1. The fourth-order valence-corrected chi connectivity index (χ4v) is 5.14. The van der Waals surface area contributed by atoms with Crippen molar-refractivity contribution in [1.29, 1.82) is 0 Å². The predicted octanol–water partition coefficient (Wildman–Crippen LogP) is 6.37. The minimum Gasteiger partial charge on any atom is -0.328 e. The number of rotatable bonds is 7. The third-order valence-corrected chi connectivity index (χ3v) is 7.29. The Morgan fingerprint density at radius 2 is 1.69 bits per heavy atom. The van der Waals surface area contributed by atoms with E-state index in [9.17, 15) is 4.79 Å². The summed E-state index contributed by atoms with van der Waals surface area (Å²) in [4.78, 5) is 18.4. The van der Waals surface area contributed by atoms with Crippen molar-refractivity contribution in [2.45, 2.75) is 44.1 Å². The molecule has 6 nitrogen and oxygen atoms in total. The topological polar surface area (TPSA) is 71.8 Å². The first-order valence-corrected chi connectivity index (χ1v) is 13.1. The molecule has 0 saturated carbocycles. The molecule has 7 heteroatoms. The lowest BCUT2D eigenvalue weighted by Gasteiger charge is -2.29. The first-order valence-electron chi connectivity index (χ1n) is 12.1. The molecule has 1 aromatic heterocycles. The smallest absolute Gasteiger partial charge is 0.255 e.